The summed E-state index contributed by atoms with van der Waals surface area (Å²) in [5, 5.41) is 2.95. The highest BCUT2D eigenvalue weighted by Gasteiger charge is 2.37. The molecule has 1 aliphatic heterocycles. The number of carbonyl (C=O) groups excluding carboxylic acids is 2. The van der Waals surface area contributed by atoms with Crippen molar-refractivity contribution in [1.82, 2.24) is 14.9 Å². The lowest BCUT2D eigenvalue weighted by Gasteiger charge is -2.41. The number of hydrogen-bond donors (Lipinski definition) is 1. The lowest BCUT2D eigenvalue weighted by atomic mass is 9.77. The zero-order valence-corrected chi connectivity index (χ0v) is 21.6. The molecule has 2 amide bonds. The predicted octanol–water partition coefficient (Wildman–Crippen LogP) is 5.35. The van der Waals surface area contributed by atoms with Crippen molar-refractivity contribution in [2.45, 2.75) is 73.1 Å². The highest BCUT2D eigenvalue weighted by atomic mass is 19.4. The quantitative estimate of drug-likeness (QED) is 0.499. The number of amides is 2. The summed E-state index contributed by atoms with van der Waals surface area (Å²) in [6.45, 7) is 5.62. The summed E-state index contributed by atoms with van der Waals surface area (Å²) in [6, 6.07) is 4.04. The van der Waals surface area contributed by atoms with Crippen LogP contribution < -0.4 is 15.0 Å². The molecule has 0 spiro atoms. The zero-order chi connectivity index (χ0) is 27.1. The van der Waals surface area contributed by atoms with E-state index in [9.17, 15) is 22.8 Å². The first-order valence-electron chi connectivity index (χ1n) is 12.3. The Bertz CT molecular complexity index is 1160. The third-order valence-electron chi connectivity index (χ3n) is 7.18. The maximum Gasteiger partial charge on any atom is 0.416 e. The SMILES string of the molecule is C.C.Cc1nc(CC2CC(N(C)C(=O)COc3ccc(C(F)(F)F)cc3)C2)nc2c1NC(=O)[C@H](C(C)C)N2C. The number of benzene rings is 1. The minimum absolute atomic E-state index is 0. The molecule has 0 radical (unpaired) electrons. The highest BCUT2D eigenvalue weighted by Crippen LogP contribution is 2.37. The van der Waals surface area contributed by atoms with Gasteiger partial charge < -0.3 is 19.9 Å². The maximum absolute atomic E-state index is 12.7. The van der Waals surface area contributed by atoms with Crippen LogP contribution in [0.25, 0.3) is 0 Å². The van der Waals surface area contributed by atoms with Crippen molar-refractivity contribution in [3.05, 3.63) is 41.3 Å². The molecule has 0 unspecified atom stereocenters. The number of anilines is 2. The van der Waals surface area contributed by atoms with Crippen LogP contribution in [-0.4, -0.2) is 59.5 Å². The number of nitrogens with one attached hydrogen (secondary N) is 1. The molecule has 216 valence electrons. The van der Waals surface area contributed by atoms with E-state index in [1.54, 1.807) is 11.9 Å². The standard InChI is InChI=1S/C26H32F3N5O3.2CH4/c1-14(2)23-25(36)32-22-15(3)30-20(31-24(22)34(23)5)12-16-10-18(11-16)33(4)21(35)13-37-19-8-6-17(7-9-19)26(27,28)29;;/h6-9,14,16,18,23H,10-13H2,1-5H3,(H,32,36);2*1H4/t16?,18?,23-;;/m0../s1. The second-order valence-corrected chi connectivity index (χ2v) is 10.2. The molecule has 4 rings (SSSR count). The van der Waals surface area contributed by atoms with Crippen molar-refractivity contribution in [2.24, 2.45) is 11.8 Å². The van der Waals surface area contributed by atoms with E-state index in [2.05, 4.69) is 10.3 Å². The number of rotatable bonds is 7. The summed E-state index contributed by atoms with van der Waals surface area (Å²) < 4.78 is 43.5. The van der Waals surface area contributed by atoms with Crippen LogP contribution in [0.1, 0.15) is 58.6 Å². The molecular weight excluding hydrogens is 511 g/mol. The van der Waals surface area contributed by atoms with E-state index in [0.29, 0.717) is 23.9 Å². The number of aromatic nitrogens is 2. The van der Waals surface area contributed by atoms with Gasteiger partial charge in [0.05, 0.1) is 11.3 Å². The van der Waals surface area contributed by atoms with Gasteiger partial charge in [-0.2, -0.15) is 13.2 Å². The molecule has 39 heavy (non-hydrogen) atoms. The van der Waals surface area contributed by atoms with Crippen LogP contribution in [0, 0.1) is 18.8 Å². The van der Waals surface area contributed by atoms with E-state index >= 15 is 0 Å². The van der Waals surface area contributed by atoms with Crippen LogP contribution in [0.4, 0.5) is 24.7 Å². The number of alkyl halides is 3. The van der Waals surface area contributed by atoms with Gasteiger partial charge in [0.1, 0.15) is 23.3 Å². The Kier molecular flexibility index (Phi) is 9.97. The molecule has 1 atom stereocenters. The molecule has 1 aliphatic carbocycles. The molecule has 1 N–H and O–H groups in total. The Morgan fingerprint density at radius 2 is 1.79 bits per heavy atom. The van der Waals surface area contributed by atoms with E-state index in [1.165, 1.54) is 12.1 Å². The third kappa shape index (κ3) is 6.80. The fourth-order valence-electron chi connectivity index (χ4n) is 4.99. The highest BCUT2D eigenvalue weighted by molar-refractivity contribution is 6.03. The van der Waals surface area contributed by atoms with Crippen LogP contribution in [0.15, 0.2) is 24.3 Å². The lowest BCUT2D eigenvalue weighted by Crippen LogP contribution is -2.50. The molecule has 1 fully saturated rings. The minimum Gasteiger partial charge on any atom is -0.484 e. The number of hydrogen-bond acceptors (Lipinski definition) is 6. The molecule has 2 heterocycles. The topological polar surface area (TPSA) is 87.7 Å². The van der Waals surface area contributed by atoms with Crippen molar-refractivity contribution in [2.75, 3.05) is 30.9 Å². The van der Waals surface area contributed by atoms with Crippen LogP contribution in [-0.2, 0) is 22.2 Å². The first kappa shape index (κ1) is 31.8. The Hall–Kier alpha value is -3.37. The van der Waals surface area contributed by atoms with Crippen molar-refractivity contribution in [3.8, 4) is 5.75 Å². The molecule has 0 bridgehead atoms. The molecule has 1 aromatic carbocycles. The van der Waals surface area contributed by atoms with Crippen molar-refractivity contribution in [1.29, 1.82) is 0 Å². The number of carbonyl (C=O) groups is 2. The van der Waals surface area contributed by atoms with Gasteiger partial charge in [0, 0.05) is 26.6 Å². The molecule has 1 aromatic heterocycles. The number of aryl methyl sites for hydroxylation is 1. The largest absolute Gasteiger partial charge is 0.484 e. The van der Waals surface area contributed by atoms with Gasteiger partial charge in [0.25, 0.3) is 5.91 Å². The summed E-state index contributed by atoms with van der Waals surface area (Å²) in [5.41, 5.74) is 0.613. The van der Waals surface area contributed by atoms with Gasteiger partial charge in [-0.25, -0.2) is 9.97 Å². The fraction of sp³-hybridized carbons (Fsp3) is 0.571. The molecule has 2 aromatic rings. The van der Waals surface area contributed by atoms with Gasteiger partial charge in [0.15, 0.2) is 12.4 Å². The Morgan fingerprint density at radius 1 is 1.18 bits per heavy atom. The van der Waals surface area contributed by atoms with Gasteiger partial charge in [0.2, 0.25) is 5.91 Å². The molecule has 8 nitrogen and oxygen atoms in total. The zero-order valence-electron chi connectivity index (χ0n) is 21.6. The Labute approximate surface area is 228 Å². The van der Waals surface area contributed by atoms with Gasteiger partial charge in [-0.1, -0.05) is 28.7 Å². The number of likely N-dealkylation sites (N-methyl/N-ethyl adjacent to an activating group) is 2. The summed E-state index contributed by atoms with van der Waals surface area (Å²) >= 11 is 0. The fourth-order valence-corrected chi connectivity index (χ4v) is 4.99. The average Bonchev–Trinajstić information content (AvgIpc) is 2.79. The van der Waals surface area contributed by atoms with Crippen LogP contribution in [0.2, 0.25) is 0 Å². The Balaban J connectivity index is 0.00000267. The Morgan fingerprint density at radius 3 is 2.36 bits per heavy atom. The van der Waals surface area contributed by atoms with E-state index in [4.69, 9.17) is 9.72 Å². The summed E-state index contributed by atoms with van der Waals surface area (Å²) in [5.74, 6) is 1.80. The summed E-state index contributed by atoms with van der Waals surface area (Å²) in [6.07, 6.45) is -2.16. The number of ether oxygens (including phenoxy) is 1. The van der Waals surface area contributed by atoms with E-state index in [1.807, 2.05) is 32.7 Å². The average molecular weight is 552 g/mol. The van der Waals surface area contributed by atoms with E-state index in [0.717, 1.165) is 36.5 Å². The van der Waals surface area contributed by atoms with E-state index < -0.39 is 11.7 Å². The summed E-state index contributed by atoms with van der Waals surface area (Å²) in [7, 11) is 3.59. The summed E-state index contributed by atoms with van der Waals surface area (Å²) in [4.78, 5) is 38.0. The molecule has 1 saturated carbocycles. The van der Waals surface area contributed by atoms with Gasteiger partial charge in [-0.15, -0.1) is 0 Å². The third-order valence-corrected chi connectivity index (χ3v) is 7.18. The van der Waals surface area contributed by atoms with Crippen molar-refractivity contribution >= 4 is 23.3 Å². The molecule has 0 saturated heterocycles. The molecule has 2 aliphatic rings. The van der Waals surface area contributed by atoms with Crippen molar-refractivity contribution in [3.63, 3.8) is 0 Å². The predicted molar refractivity (Wildman–Crippen MR) is 146 cm³/mol. The normalized spacial score (nSPS) is 20.2. The minimum atomic E-state index is -4.42. The van der Waals surface area contributed by atoms with Gasteiger partial charge in [-0.3, -0.25) is 9.59 Å². The van der Waals surface area contributed by atoms with E-state index in [-0.39, 0.29) is 57.0 Å². The van der Waals surface area contributed by atoms with Gasteiger partial charge >= 0.3 is 6.18 Å². The monoisotopic (exact) mass is 551 g/mol. The number of nitrogens with zero attached hydrogens (tertiary/aromatic N) is 4. The smallest absolute Gasteiger partial charge is 0.416 e. The van der Waals surface area contributed by atoms with Crippen LogP contribution in [0.3, 0.4) is 0 Å². The first-order valence-corrected chi connectivity index (χ1v) is 12.3. The first-order chi connectivity index (χ1) is 17.3. The van der Waals surface area contributed by atoms with Crippen LogP contribution in [0.5, 0.6) is 5.75 Å². The second kappa shape index (κ2) is 12.2. The lowest BCUT2D eigenvalue weighted by molar-refractivity contribution is -0.138. The second-order valence-electron chi connectivity index (χ2n) is 10.2. The van der Waals surface area contributed by atoms with Crippen LogP contribution >= 0.6 is 0 Å². The number of halogens is 3. The maximum atomic E-state index is 12.7. The van der Waals surface area contributed by atoms with Crippen molar-refractivity contribution < 1.29 is 27.5 Å². The number of fused-ring (bicyclic) bond motifs is 1. The van der Waals surface area contributed by atoms with Gasteiger partial charge in [-0.05, 0) is 55.9 Å². The molecule has 11 heteroatoms. The molecular formula is C28H40F3N5O3.